The van der Waals surface area contributed by atoms with Crippen molar-refractivity contribution in [3.8, 4) is 0 Å². The molecule has 2 atom stereocenters. The lowest BCUT2D eigenvalue weighted by atomic mass is 10.0. The van der Waals surface area contributed by atoms with Crippen LogP contribution < -0.4 is 9.80 Å². The van der Waals surface area contributed by atoms with Crippen LogP contribution in [0.4, 0.5) is 25.8 Å². The third kappa shape index (κ3) is 3.87. The lowest BCUT2D eigenvalue weighted by Gasteiger charge is -2.32. The van der Waals surface area contributed by atoms with Gasteiger partial charge in [-0.1, -0.05) is 28.1 Å². The number of nitrogens with zero attached hydrogens (tertiary/aromatic N) is 3. The van der Waals surface area contributed by atoms with Gasteiger partial charge in [0.25, 0.3) is 16.5 Å². The van der Waals surface area contributed by atoms with Crippen LogP contribution in [0.25, 0.3) is 0 Å². The van der Waals surface area contributed by atoms with Crippen molar-refractivity contribution in [2.45, 2.75) is 23.1 Å². The summed E-state index contributed by atoms with van der Waals surface area (Å²) in [5.41, 5.74) is -1.25. The molecule has 0 saturated carbocycles. The molecule has 0 radical (unpaired) electrons. The van der Waals surface area contributed by atoms with E-state index in [9.17, 15) is 46.8 Å². The van der Waals surface area contributed by atoms with Crippen LogP contribution in [0.3, 0.4) is 0 Å². The molecule has 2 heterocycles. The summed E-state index contributed by atoms with van der Waals surface area (Å²) in [5.74, 6) is -7.11. The molecule has 1 spiro atoms. The van der Waals surface area contributed by atoms with E-state index in [1.165, 1.54) is 0 Å². The van der Waals surface area contributed by atoms with Crippen molar-refractivity contribution in [3.63, 3.8) is 0 Å². The molecule has 1 N–H and O–H groups in total. The van der Waals surface area contributed by atoms with Crippen LogP contribution in [-0.2, 0) is 35.6 Å². The second-order valence-electron chi connectivity index (χ2n) is 9.02. The average Bonchev–Trinajstić information content (AvgIpc) is 3.23. The Bertz CT molecular complexity index is 1730. The summed E-state index contributed by atoms with van der Waals surface area (Å²) in [6.45, 7) is -0.238. The lowest BCUT2D eigenvalue weighted by Crippen LogP contribution is -2.54. The standard InChI is InChI=1S/C25H16BrF2N3O8S/c26-14-3-1-13(2-4-14)12-29-20-8-6-16(31(36)37)9-17(20)25(24(29)35)30(15-5-7-18(27)19(28)10-15)23(34)21(11-22(32)33)40(25,38)39/h1-10,21H,11-12H2,(H,32,33). The third-order valence-electron chi connectivity index (χ3n) is 6.75. The highest BCUT2D eigenvalue weighted by Crippen LogP contribution is 2.56. The van der Waals surface area contributed by atoms with E-state index < -0.39 is 77.7 Å². The highest BCUT2D eigenvalue weighted by molar-refractivity contribution is 9.10. The minimum Gasteiger partial charge on any atom is -0.481 e. The summed E-state index contributed by atoms with van der Waals surface area (Å²) in [7, 11) is -5.17. The fraction of sp³-hybridized carbons (Fsp3) is 0.160. The van der Waals surface area contributed by atoms with Gasteiger partial charge >= 0.3 is 5.97 Å². The molecular formula is C25H16BrF2N3O8S. The highest BCUT2D eigenvalue weighted by Gasteiger charge is 2.73. The second kappa shape index (κ2) is 9.45. The number of carboxylic acids is 1. The van der Waals surface area contributed by atoms with Crippen LogP contribution in [0.1, 0.15) is 17.5 Å². The zero-order valence-electron chi connectivity index (χ0n) is 20.0. The molecule has 15 heteroatoms. The van der Waals surface area contributed by atoms with Gasteiger partial charge in [0.1, 0.15) is 0 Å². The molecule has 3 aromatic carbocycles. The topological polar surface area (TPSA) is 155 Å². The number of rotatable bonds is 6. The van der Waals surface area contributed by atoms with E-state index in [1.807, 2.05) is 0 Å². The van der Waals surface area contributed by atoms with Gasteiger partial charge < -0.3 is 10.0 Å². The Hall–Kier alpha value is -4.24. The Morgan fingerprint density at radius 1 is 1.05 bits per heavy atom. The summed E-state index contributed by atoms with van der Waals surface area (Å²) in [5, 5.41) is 18.8. The van der Waals surface area contributed by atoms with Crippen molar-refractivity contribution >= 4 is 60.6 Å². The number of nitro groups is 1. The number of aliphatic carboxylic acids is 1. The van der Waals surface area contributed by atoms with Gasteiger partial charge in [-0.25, -0.2) is 17.2 Å². The first-order valence-corrected chi connectivity index (χ1v) is 13.7. The number of carbonyl (C=O) groups excluding carboxylic acids is 2. The number of hydrogen-bond donors (Lipinski definition) is 1. The number of hydrogen-bond acceptors (Lipinski definition) is 7. The molecule has 40 heavy (non-hydrogen) atoms. The maximum absolute atomic E-state index is 14.3. The van der Waals surface area contributed by atoms with Gasteiger partial charge in [-0.2, -0.15) is 0 Å². The van der Waals surface area contributed by atoms with E-state index >= 15 is 0 Å². The predicted molar refractivity (Wildman–Crippen MR) is 139 cm³/mol. The lowest BCUT2D eigenvalue weighted by molar-refractivity contribution is -0.384. The summed E-state index contributed by atoms with van der Waals surface area (Å²) >= 11 is 3.29. The molecule has 0 aromatic heterocycles. The SMILES string of the molecule is O=C(O)CC1C(=O)N(c2ccc(F)c(F)c2)C2(C(=O)N(Cc3ccc(Br)cc3)c3ccc([N+](=O)[O-])cc32)S1(=O)=O. The maximum atomic E-state index is 14.3. The smallest absolute Gasteiger partial charge is 0.305 e. The van der Waals surface area contributed by atoms with Crippen LogP contribution in [0.15, 0.2) is 65.1 Å². The van der Waals surface area contributed by atoms with Crippen LogP contribution in [0.5, 0.6) is 0 Å². The number of fused-ring (bicyclic) bond motifs is 2. The summed E-state index contributed by atoms with van der Waals surface area (Å²) in [6, 6.07) is 11.5. The third-order valence-corrected chi connectivity index (χ3v) is 9.80. The molecule has 2 aliphatic heterocycles. The van der Waals surface area contributed by atoms with E-state index in [0.717, 1.165) is 29.2 Å². The van der Waals surface area contributed by atoms with Crippen molar-refractivity contribution < 1.29 is 41.6 Å². The van der Waals surface area contributed by atoms with Crippen molar-refractivity contribution in [2.75, 3.05) is 9.80 Å². The Kier molecular flexibility index (Phi) is 6.45. The quantitative estimate of drug-likeness (QED) is 0.318. The Morgan fingerprint density at radius 3 is 2.33 bits per heavy atom. The molecule has 1 fully saturated rings. The fourth-order valence-corrected chi connectivity index (χ4v) is 7.71. The van der Waals surface area contributed by atoms with E-state index in [0.29, 0.717) is 27.1 Å². The average molecular weight is 636 g/mol. The Labute approximate surface area is 232 Å². The van der Waals surface area contributed by atoms with Crippen molar-refractivity contribution in [2.24, 2.45) is 0 Å². The molecular weight excluding hydrogens is 620 g/mol. The zero-order chi connectivity index (χ0) is 29.1. The minimum atomic E-state index is -5.17. The molecule has 0 bridgehead atoms. The number of benzene rings is 3. The van der Waals surface area contributed by atoms with E-state index in [2.05, 4.69) is 15.9 Å². The van der Waals surface area contributed by atoms with Gasteiger partial charge in [-0.3, -0.25) is 29.4 Å². The van der Waals surface area contributed by atoms with Crippen LogP contribution >= 0.6 is 15.9 Å². The van der Waals surface area contributed by atoms with Crippen LogP contribution in [0, 0.1) is 21.7 Å². The highest BCUT2D eigenvalue weighted by atomic mass is 79.9. The molecule has 0 aliphatic carbocycles. The maximum Gasteiger partial charge on any atom is 0.305 e. The van der Waals surface area contributed by atoms with Gasteiger partial charge in [-0.15, -0.1) is 0 Å². The molecule has 1 saturated heterocycles. The number of carbonyl (C=O) groups is 3. The Morgan fingerprint density at radius 2 is 1.73 bits per heavy atom. The molecule has 3 aromatic rings. The number of amides is 2. The Balaban J connectivity index is 1.84. The molecule has 206 valence electrons. The van der Waals surface area contributed by atoms with Crippen LogP contribution in [-0.4, -0.2) is 41.5 Å². The van der Waals surface area contributed by atoms with Gasteiger partial charge in [0, 0.05) is 33.9 Å². The van der Waals surface area contributed by atoms with Gasteiger partial charge in [0.2, 0.25) is 15.7 Å². The van der Waals surface area contributed by atoms with Crippen molar-refractivity contribution in [3.05, 3.63) is 98.0 Å². The number of sulfone groups is 1. The number of non-ortho nitro benzene ring substituents is 1. The summed E-state index contributed by atoms with van der Waals surface area (Å²) < 4.78 is 57.2. The molecule has 2 unspecified atom stereocenters. The minimum absolute atomic E-state index is 0.0987. The molecule has 5 rings (SSSR count). The molecule has 2 aliphatic rings. The monoisotopic (exact) mass is 635 g/mol. The first-order valence-electron chi connectivity index (χ1n) is 11.4. The number of carboxylic acid groups (broad SMARTS) is 1. The normalized spacial score (nSPS) is 21.2. The molecule has 2 amide bonds. The van der Waals surface area contributed by atoms with Crippen molar-refractivity contribution in [1.82, 2.24) is 0 Å². The van der Waals surface area contributed by atoms with Crippen LogP contribution in [0.2, 0.25) is 0 Å². The summed E-state index contributed by atoms with van der Waals surface area (Å²) in [6.07, 6.45) is -1.24. The zero-order valence-corrected chi connectivity index (χ0v) is 22.4. The predicted octanol–water partition coefficient (Wildman–Crippen LogP) is 3.64. The van der Waals surface area contributed by atoms with Crippen molar-refractivity contribution in [1.29, 1.82) is 0 Å². The number of halogens is 3. The van der Waals surface area contributed by atoms with Gasteiger partial charge in [0.05, 0.1) is 23.6 Å². The first-order chi connectivity index (χ1) is 18.8. The summed E-state index contributed by atoms with van der Waals surface area (Å²) in [4.78, 5) is 48.8. The number of nitro benzene ring substituents is 1. The molecule has 11 nitrogen and oxygen atoms in total. The second-order valence-corrected chi connectivity index (χ2v) is 12.2. The number of anilines is 2. The first kappa shape index (κ1) is 27.3. The van der Waals surface area contributed by atoms with Gasteiger partial charge in [-0.05, 0) is 35.9 Å². The largest absolute Gasteiger partial charge is 0.481 e. The van der Waals surface area contributed by atoms with E-state index in [-0.39, 0.29) is 12.2 Å². The van der Waals surface area contributed by atoms with E-state index in [4.69, 9.17) is 0 Å². The van der Waals surface area contributed by atoms with E-state index in [1.54, 1.807) is 24.3 Å². The van der Waals surface area contributed by atoms with Gasteiger partial charge in [0.15, 0.2) is 16.9 Å². The fourth-order valence-electron chi connectivity index (χ4n) is 5.03.